The molecule has 69 heavy (non-hydrogen) atoms. The van der Waals surface area contributed by atoms with Crippen molar-refractivity contribution in [3.8, 4) is 55.6 Å². The fourth-order valence-corrected chi connectivity index (χ4v) is 12.7. The van der Waals surface area contributed by atoms with Gasteiger partial charge in [0.15, 0.2) is 0 Å². The fourth-order valence-electron chi connectivity index (χ4n) is 12.7. The highest BCUT2D eigenvalue weighted by Gasteiger charge is 2.52. The van der Waals surface area contributed by atoms with E-state index in [1.165, 1.54) is 100 Å². The van der Waals surface area contributed by atoms with Gasteiger partial charge < -0.3 is 4.90 Å². The largest absolute Gasteiger partial charge is 0.310 e. The lowest BCUT2D eigenvalue weighted by atomic mass is 9.67. The average Bonchev–Trinajstić information content (AvgIpc) is 4.02. The van der Waals surface area contributed by atoms with Gasteiger partial charge in [-0.3, -0.25) is 0 Å². The van der Waals surface area contributed by atoms with Crippen LogP contribution in [0.5, 0.6) is 0 Å². The molecule has 0 radical (unpaired) electrons. The highest BCUT2D eigenvalue weighted by Crippen LogP contribution is 2.64. The maximum Gasteiger partial charge on any atom is 0.0726 e. The van der Waals surface area contributed by atoms with Crippen molar-refractivity contribution in [2.24, 2.45) is 0 Å². The van der Waals surface area contributed by atoms with Crippen LogP contribution in [0, 0.1) is 0 Å². The first-order valence-corrected chi connectivity index (χ1v) is 24.1. The number of rotatable bonds is 7. The first-order chi connectivity index (χ1) is 34.3. The lowest BCUT2D eigenvalue weighted by Crippen LogP contribution is -2.28. The number of fused-ring (bicyclic) bond motifs is 13. The minimum Gasteiger partial charge on any atom is -0.310 e. The third-order valence-corrected chi connectivity index (χ3v) is 15.4. The molecule has 3 aliphatic rings. The SMILES string of the molecule is c1ccc(-c2ccc(N(c3ccccc3)c3ccc4c(c3)C3(c5ccccc5-c5ccccc53)c3ccccc3-4)c(-c3cccc4c3-c3ccccc3C4(c3ccccc3)c3ccccc3)c2)cc1. The molecule has 1 nitrogen and oxygen atoms in total. The standard InChI is InChI=1S/C68H45N/c1-5-22-46(23-6-1)47-40-43-65(58(44-47)56-34-21-39-63-66(56)57-33-16-20-38-62(57)67(63,48-24-7-2-8-25-48)49-26-9-3-10-27-49)69(50-28-11-4-12-29-50)51-41-42-55-54-32-15-19-37-61(54)68(64(55)45-51)59-35-17-13-30-52(59)53-31-14-18-36-60(53)68/h1-45H. The van der Waals surface area contributed by atoms with E-state index >= 15 is 0 Å². The van der Waals surface area contributed by atoms with Crippen molar-refractivity contribution in [1.82, 2.24) is 0 Å². The van der Waals surface area contributed by atoms with E-state index in [4.69, 9.17) is 0 Å². The maximum absolute atomic E-state index is 2.51. The molecule has 0 aromatic heterocycles. The molecule has 1 spiro atoms. The Bertz CT molecular complexity index is 3670. The van der Waals surface area contributed by atoms with Crippen molar-refractivity contribution < 1.29 is 0 Å². The van der Waals surface area contributed by atoms with E-state index in [0.717, 1.165) is 17.1 Å². The van der Waals surface area contributed by atoms with Crippen LogP contribution in [0.2, 0.25) is 0 Å². The quantitative estimate of drug-likeness (QED) is 0.154. The van der Waals surface area contributed by atoms with Crippen LogP contribution in [-0.2, 0) is 10.8 Å². The van der Waals surface area contributed by atoms with E-state index in [-0.39, 0.29) is 0 Å². The third-order valence-electron chi connectivity index (χ3n) is 15.4. The maximum atomic E-state index is 2.51. The molecule has 0 aliphatic heterocycles. The normalized spacial score (nSPS) is 13.7. The van der Waals surface area contributed by atoms with Gasteiger partial charge in [0.05, 0.1) is 16.5 Å². The Balaban J connectivity index is 1.06. The van der Waals surface area contributed by atoms with Crippen molar-refractivity contribution >= 4 is 17.1 Å². The van der Waals surface area contributed by atoms with Crippen LogP contribution in [0.15, 0.2) is 273 Å². The van der Waals surface area contributed by atoms with E-state index in [2.05, 4.69) is 278 Å². The summed E-state index contributed by atoms with van der Waals surface area (Å²) in [5.41, 5.74) is 25.2. The monoisotopic (exact) mass is 875 g/mol. The number of hydrogen-bond donors (Lipinski definition) is 0. The van der Waals surface area contributed by atoms with Gasteiger partial charge in [0.1, 0.15) is 0 Å². The van der Waals surface area contributed by atoms with Gasteiger partial charge >= 0.3 is 0 Å². The van der Waals surface area contributed by atoms with Crippen LogP contribution in [0.4, 0.5) is 17.1 Å². The summed E-state index contributed by atoms with van der Waals surface area (Å²) in [7, 11) is 0. The second kappa shape index (κ2) is 15.4. The number of para-hydroxylation sites is 1. The van der Waals surface area contributed by atoms with Crippen LogP contribution >= 0.6 is 0 Å². The van der Waals surface area contributed by atoms with Crippen LogP contribution in [0.3, 0.4) is 0 Å². The Kier molecular flexibility index (Phi) is 8.78. The number of nitrogens with zero attached hydrogens (tertiary/aromatic N) is 1. The number of anilines is 3. The highest BCUT2D eigenvalue weighted by atomic mass is 15.1. The van der Waals surface area contributed by atoms with E-state index in [1.54, 1.807) is 0 Å². The first kappa shape index (κ1) is 39.4. The van der Waals surface area contributed by atoms with Gasteiger partial charge in [0.25, 0.3) is 0 Å². The summed E-state index contributed by atoms with van der Waals surface area (Å²) in [4.78, 5) is 2.51. The Morgan fingerprint density at radius 2 is 0.681 bits per heavy atom. The predicted molar refractivity (Wildman–Crippen MR) is 286 cm³/mol. The molecule has 14 rings (SSSR count). The zero-order chi connectivity index (χ0) is 45.5. The van der Waals surface area contributed by atoms with Crippen LogP contribution in [-0.4, -0.2) is 0 Å². The van der Waals surface area contributed by atoms with E-state index < -0.39 is 10.8 Å². The van der Waals surface area contributed by atoms with E-state index in [0.29, 0.717) is 0 Å². The van der Waals surface area contributed by atoms with Gasteiger partial charge in [-0.2, -0.15) is 0 Å². The van der Waals surface area contributed by atoms with E-state index in [9.17, 15) is 0 Å². The van der Waals surface area contributed by atoms with Gasteiger partial charge in [0.2, 0.25) is 0 Å². The molecule has 0 bridgehead atoms. The Morgan fingerprint density at radius 1 is 0.232 bits per heavy atom. The average molecular weight is 876 g/mol. The van der Waals surface area contributed by atoms with E-state index in [1.807, 2.05) is 0 Å². The molecule has 0 saturated carbocycles. The fraction of sp³-hybridized carbons (Fsp3) is 0.0294. The summed E-state index contributed by atoms with van der Waals surface area (Å²) in [6, 6.07) is 102. The van der Waals surface area contributed by atoms with Crippen molar-refractivity contribution in [1.29, 1.82) is 0 Å². The number of hydrogen-bond acceptors (Lipinski definition) is 1. The lowest BCUT2D eigenvalue weighted by molar-refractivity contribution is 0.768. The molecule has 0 unspecified atom stereocenters. The lowest BCUT2D eigenvalue weighted by Gasteiger charge is -2.34. The summed E-state index contributed by atoms with van der Waals surface area (Å²) in [6.07, 6.45) is 0. The van der Waals surface area contributed by atoms with Crippen molar-refractivity contribution in [3.63, 3.8) is 0 Å². The molecule has 0 atom stereocenters. The van der Waals surface area contributed by atoms with Crippen molar-refractivity contribution in [2.75, 3.05) is 4.90 Å². The molecule has 0 N–H and O–H groups in total. The minimum absolute atomic E-state index is 0.473. The zero-order valence-corrected chi connectivity index (χ0v) is 37.9. The molecular formula is C68H45N. The first-order valence-electron chi connectivity index (χ1n) is 24.1. The van der Waals surface area contributed by atoms with Gasteiger partial charge in [-0.1, -0.05) is 237 Å². The Morgan fingerprint density at radius 3 is 1.26 bits per heavy atom. The second-order valence-electron chi connectivity index (χ2n) is 18.6. The molecular weight excluding hydrogens is 831 g/mol. The van der Waals surface area contributed by atoms with Gasteiger partial charge in [-0.05, 0) is 131 Å². The van der Waals surface area contributed by atoms with Crippen molar-refractivity contribution in [3.05, 3.63) is 317 Å². The van der Waals surface area contributed by atoms with Crippen LogP contribution < -0.4 is 4.90 Å². The highest BCUT2D eigenvalue weighted by molar-refractivity contribution is 6.02. The third kappa shape index (κ3) is 5.53. The molecule has 0 saturated heterocycles. The summed E-state index contributed by atoms with van der Waals surface area (Å²) in [5.74, 6) is 0. The molecule has 1 heteroatoms. The zero-order valence-electron chi connectivity index (χ0n) is 37.9. The number of benzene rings is 11. The van der Waals surface area contributed by atoms with Crippen LogP contribution in [0.1, 0.15) is 44.5 Å². The molecule has 322 valence electrons. The summed E-state index contributed by atoms with van der Waals surface area (Å²) >= 11 is 0. The molecule has 0 fully saturated rings. The van der Waals surface area contributed by atoms with Gasteiger partial charge in [0, 0.05) is 16.9 Å². The van der Waals surface area contributed by atoms with Crippen molar-refractivity contribution in [2.45, 2.75) is 10.8 Å². The van der Waals surface area contributed by atoms with Gasteiger partial charge in [-0.25, -0.2) is 0 Å². The Labute approximate surface area is 403 Å². The van der Waals surface area contributed by atoms with Crippen LogP contribution in [0.25, 0.3) is 55.6 Å². The Hall–Kier alpha value is -8.78. The summed E-state index contributed by atoms with van der Waals surface area (Å²) in [6.45, 7) is 0. The predicted octanol–water partition coefficient (Wildman–Crippen LogP) is 17.2. The molecule has 0 amide bonds. The summed E-state index contributed by atoms with van der Waals surface area (Å²) < 4.78 is 0. The topological polar surface area (TPSA) is 3.24 Å². The minimum atomic E-state index is -0.530. The molecule has 11 aromatic carbocycles. The second-order valence-corrected chi connectivity index (χ2v) is 18.6. The molecule has 11 aromatic rings. The van der Waals surface area contributed by atoms with Gasteiger partial charge in [-0.15, -0.1) is 0 Å². The molecule has 3 aliphatic carbocycles. The summed E-state index contributed by atoms with van der Waals surface area (Å²) in [5, 5.41) is 0. The molecule has 0 heterocycles. The smallest absolute Gasteiger partial charge is 0.0726 e.